The number of carbonyl (C=O) groups excluding carboxylic acids is 1. The summed E-state index contributed by atoms with van der Waals surface area (Å²) in [6.45, 7) is 5.03. The fourth-order valence-electron chi connectivity index (χ4n) is 3.34. The highest BCUT2D eigenvalue weighted by atomic mass is 32.2. The molecule has 0 bridgehead atoms. The molecular formula is C18H28N2O3S. The summed E-state index contributed by atoms with van der Waals surface area (Å²) in [5.41, 5.74) is 2.19. The maximum Gasteiger partial charge on any atom is 0.254 e. The third kappa shape index (κ3) is 3.91. The molecule has 0 spiro atoms. The molecule has 5 nitrogen and oxygen atoms in total. The first kappa shape index (κ1) is 18.8. The van der Waals surface area contributed by atoms with Crippen LogP contribution in [-0.2, 0) is 16.4 Å². The Morgan fingerprint density at radius 2 is 1.83 bits per heavy atom. The van der Waals surface area contributed by atoms with Crippen molar-refractivity contribution in [1.29, 1.82) is 0 Å². The van der Waals surface area contributed by atoms with Gasteiger partial charge in [0.15, 0.2) is 0 Å². The molecule has 0 fully saturated rings. The summed E-state index contributed by atoms with van der Waals surface area (Å²) in [6, 6.07) is 5.66. The lowest BCUT2D eigenvalue weighted by atomic mass is 9.95. The predicted molar refractivity (Wildman–Crippen MR) is 98.0 cm³/mol. The molecule has 1 aliphatic rings. The maximum atomic E-state index is 13.0. The van der Waals surface area contributed by atoms with Crippen LogP contribution in [0.4, 0.5) is 5.69 Å². The van der Waals surface area contributed by atoms with Gasteiger partial charge in [-0.15, -0.1) is 0 Å². The van der Waals surface area contributed by atoms with Crippen LogP contribution in [0.1, 0.15) is 55.5 Å². The molecule has 6 heteroatoms. The SMILES string of the molecule is CCCC(CCC)N1CCc2ccc(N(C)S(C)(=O)=O)cc2C1=O. The number of amides is 1. The van der Waals surface area contributed by atoms with E-state index in [2.05, 4.69) is 13.8 Å². The monoisotopic (exact) mass is 352 g/mol. The van der Waals surface area contributed by atoms with E-state index in [0.29, 0.717) is 11.3 Å². The number of sulfonamides is 1. The van der Waals surface area contributed by atoms with Crippen molar-refractivity contribution in [3.05, 3.63) is 29.3 Å². The van der Waals surface area contributed by atoms with E-state index >= 15 is 0 Å². The highest BCUT2D eigenvalue weighted by molar-refractivity contribution is 7.92. The lowest BCUT2D eigenvalue weighted by Crippen LogP contribution is -2.44. The van der Waals surface area contributed by atoms with Crippen LogP contribution in [0.15, 0.2) is 18.2 Å². The Kier molecular flexibility index (Phi) is 5.91. The molecule has 1 aromatic carbocycles. The van der Waals surface area contributed by atoms with E-state index in [-0.39, 0.29) is 11.9 Å². The Morgan fingerprint density at radius 3 is 2.38 bits per heavy atom. The molecule has 0 aromatic heterocycles. The zero-order valence-electron chi connectivity index (χ0n) is 15.1. The van der Waals surface area contributed by atoms with Crippen LogP contribution in [0.25, 0.3) is 0 Å². The highest BCUT2D eigenvalue weighted by Crippen LogP contribution is 2.28. The van der Waals surface area contributed by atoms with E-state index in [1.54, 1.807) is 12.1 Å². The van der Waals surface area contributed by atoms with E-state index in [9.17, 15) is 13.2 Å². The van der Waals surface area contributed by atoms with Gasteiger partial charge in [-0.3, -0.25) is 9.10 Å². The van der Waals surface area contributed by atoms with Gasteiger partial charge in [-0.1, -0.05) is 32.8 Å². The van der Waals surface area contributed by atoms with Gasteiger partial charge in [0.25, 0.3) is 5.91 Å². The number of anilines is 1. The lowest BCUT2D eigenvalue weighted by molar-refractivity contribution is 0.0637. The van der Waals surface area contributed by atoms with Crippen molar-refractivity contribution in [3.63, 3.8) is 0 Å². The number of hydrogen-bond donors (Lipinski definition) is 0. The van der Waals surface area contributed by atoms with Crippen molar-refractivity contribution in [2.75, 3.05) is 24.2 Å². The molecular weight excluding hydrogens is 324 g/mol. The van der Waals surface area contributed by atoms with Crippen LogP contribution in [0.3, 0.4) is 0 Å². The van der Waals surface area contributed by atoms with Gasteiger partial charge in [-0.05, 0) is 37.0 Å². The van der Waals surface area contributed by atoms with Crippen molar-refractivity contribution in [2.24, 2.45) is 0 Å². The Bertz CT molecular complexity index is 694. The minimum Gasteiger partial charge on any atom is -0.335 e. The Labute approximate surface area is 145 Å². The van der Waals surface area contributed by atoms with Crippen molar-refractivity contribution in [3.8, 4) is 0 Å². The number of rotatable bonds is 7. The van der Waals surface area contributed by atoms with E-state index in [1.165, 1.54) is 17.6 Å². The Hall–Kier alpha value is -1.56. The first-order valence-electron chi connectivity index (χ1n) is 8.67. The number of hydrogen-bond acceptors (Lipinski definition) is 3. The van der Waals surface area contributed by atoms with Crippen molar-refractivity contribution in [1.82, 2.24) is 4.90 Å². The summed E-state index contributed by atoms with van der Waals surface area (Å²) in [6.07, 6.45) is 6.12. The number of benzene rings is 1. The Morgan fingerprint density at radius 1 is 1.21 bits per heavy atom. The molecule has 1 aliphatic heterocycles. The summed E-state index contributed by atoms with van der Waals surface area (Å²) in [4.78, 5) is 15.0. The van der Waals surface area contributed by atoms with Crippen LogP contribution in [0.5, 0.6) is 0 Å². The minimum absolute atomic E-state index is 0.0342. The first-order valence-corrected chi connectivity index (χ1v) is 10.5. The summed E-state index contributed by atoms with van der Waals surface area (Å²) >= 11 is 0. The summed E-state index contributed by atoms with van der Waals surface area (Å²) < 4.78 is 24.7. The second-order valence-corrected chi connectivity index (χ2v) is 8.57. The normalized spacial score (nSPS) is 14.9. The molecule has 0 aliphatic carbocycles. The Balaban J connectivity index is 2.34. The standard InChI is InChI=1S/C18H28N2O3S/c1-5-7-15(8-6-2)20-12-11-14-9-10-16(13-17(14)18(20)21)19(3)24(4,22)23/h9-10,13,15H,5-8,11-12H2,1-4H3. The van der Waals surface area contributed by atoms with Crippen LogP contribution in [-0.4, -0.2) is 45.1 Å². The summed E-state index contributed by atoms with van der Waals surface area (Å²) in [5, 5.41) is 0. The molecule has 0 atom stereocenters. The molecule has 1 heterocycles. The van der Waals surface area contributed by atoms with E-state index < -0.39 is 10.0 Å². The first-order chi connectivity index (χ1) is 11.3. The van der Waals surface area contributed by atoms with Gasteiger partial charge in [-0.2, -0.15) is 0 Å². The highest BCUT2D eigenvalue weighted by Gasteiger charge is 2.30. The molecule has 0 saturated carbocycles. The molecule has 24 heavy (non-hydrogen) atoms. The number of fused-ring (bicyclic) bond motifs is 1. The number of carbonyl (C=O) groups is 1. The van der Waals surface area contributed by atoms with Crippen LogP contribution in [0.2, 0.25) is 0 Å². The molecule has 0 saturated heterocycles. The third-order valence-electron chi connectivity index (χ3n) is 4.75. The van der Waals surface area contributed by atoms with Crippen molar-refractivity contribution < 1.29 is 13.2 Å². The third-order valence-corrected chi connectivity index (χ3v) is 5.96. The van der Waals surface area contributed by atoms with Crippen LogP contribution in [0, 0.1) is 0 Å². The van der Waals surface area contributed by atoms with Crippen molar-refractivity contribution in [2.45, 2.75) is 52.0 Å². The molecule has 0 radical (unpaired) electrons. The zero-order valence-corrected chi connectivity index (χ0v) is 15.9. The smallest absolute Gasteiger partial charge is 0.254 e. The minimum atomic E-state index is -3.34. The molecule has 134 valence electrons. The zero-order chi connectivity index (χ0) is 17.9. The summed E-state index contributed by atoms with van der Waals surface area (Å²) in [7, 11) is -1.83. The molecule has 2 rings (SSSR count). The summed E-state index contributed by atoms with van der Waals surface area (Å²) in [5.74, 6) is 0.0342. The van der Waals surface area contributed by atoms with Crippen LogP contribution < -0.4 is 4.31 Å². The van der Waals surface area contributed by atoms with Crippen molar-refractivity contribution >= 4 is 21.6 Å². The van der Waals surface area contributed by atoms with Gasteiger partial charge in [0.05, 0.1) is 11.9 Å². The molecule has 1 amide bonds. The van der Waals surface area contributed by atoms with Gasteiger partial charge in [0.2, 0.25) is 10.0 Å². The van der Waals surface area contributed by atoms with E-state index in [1.807, 2.05) is 11.0 Å². The second kappa shape index (κ2) is 7.55. The van der Waals surface area contributed by atoms with Gasteiger partial charge < -0.3 is 4.90 Å². The number of nitrogens with zero attached hydrogens (tertiary/aromatic N) is 2. The van der Waals surface area contributed by atoms with Gasteiger partial charge in [0, 0.05) is 25.2 Å². The van der Waals surface area contributed by atoms with Gasteiger partial charge in [-0.25, -0.2) is 8.42 Å². The lowest BCUT2D eigenvalue weighted by Gasteiger charge is -2.36. The van der Waals surface area contributed by atoms with E-state index in [4.69, 9.17) is 0 Å². The predicted octanol–water partition coefficient (Wildman–Crippen LogP) is 3.05. The van der Waals surface area contributed by atoms with Gasteiger partial charge in [0.1, 0.15) is 0 Å². The van der Waals surface area contributed by atoms with E-state index in [0.717, 1.165) is 44.2 Å². The quantitative estimate of drug-likeness (QED) is 0.758. The molecule has 1 aromatic rings. The fourth-order valence-corrected chi connectivity index (χ4v) is 3.83. The largest absolute Gasteiger partial charge is 0.335 e. The molecule has 0 N–H and O–H groups in total. The second-order valence-electron chi connectivity index (χ2n) is 6.55. The van der Waals surface area contributed by atoms with Crippen LogP contribution >= 0.6 is 0 Å². The van der Waals surface area contributed by atoms with Gasteiger partial charge >= 0.3 is 0 Å². The topological polar surface area (TPSA) is 57.7 Å². The average Bonchev–Trinajstić information content (AvgIpc) is 2.53. The molecule has 0 unspecified atom stereocenters. The average molecular weight is 353 g/mol. The fraction of sp³-hybridized carbons (Fsp3) is 0.611. The maximum absolute atomic E-state index is 13.0.